The molecule has 0 atom stereocenters. The second kappa shape index (κ2) is 6.45. The van der Waals surface area contributed by atoms with Crippen molar-refractivity contribution in [2.45, 2.75) is 19.1 Å². The molecule has 102 valence electrons. The molecule has 18 heavy (non-hydrogen) atoms. The Labute approximate surface area is 113 Å². The second-order valence-electron chi connectivity index (χ2n) is 4.14. The predicted molar refractivity (Wildman–Crippen MR) is 72.6 cm³/mol. The summed E-state index contributed by atoms with van der Waals surface area (Å²) in [5, 5.41) is 9.13. The highest BCUT2D eigenvalue weighted by molar-refractivity contribution is 8.04. The van der Waals surface area contributed by atoms with Gasteiger partial charge in [-0.25, -0.2) is 8.42 Å². The smallest absolute Gasteiger partial charge is 0.193 e. The molecule has 0 radical (unpaired) electrons. The van der Waals surface area contributed by atoms with E-state index in [0.29, 0.717) is 31.3 Å². The first kappa shape index (κ1) is 15.3. The number of ether oxygens (including phenoxy) is 1. The Morgan fingerprint density at radius 1 is 1.39 bits per heavy atom. The van der Waals surface area contributed by atoms with Gasteiger partial charge in [-0.3, -0.25) is 0 Å². The first-order chi connectivity index (χ1) is 8.45. The minimum Gasteiger partial charge on any atom is -0.378 e. The van der Waals surface area contributed by atoms with Crippen LogP contribution in [-0.2, 0) is 14.6 Å². The van der Waals surface area contributed by atoms with Crippen LogP contribution >= 0.6 is 11.8 Å². The van der Waals surface area contributed by atoms with Crippen molar-refractivity contribution in [2.75, 3.05) is 32.6 Å². The Morgan fingerprint density at radius 2 is 1.94 bits per heavy atom. The van der Waals surface area contributed by atoms with Gasteiger partial charge < -0.3 is 9.64 Å². The van der Waals surface area contributed by atoms with Crippen molar-refractivity contribution >= 4 is 21.6 Å². The summed E-state index contributed by atoms with van der Waals surface area (Å²) in [5.41, 5.74) is 0. The van der Waals surface area contributed by atoms with Crippen molar-refractivity contribution in [1.82, 2.24) is 4.90 Å². The van der Waals surface area contributed by atoms with Crippen LogP contribution < -0.4 is 0 Å². The van der Waals surface area contributed by atoms with Crippen LogP contribution in [0.15, 0.2) is 9.93 Å². The van der Waals surface area contributed by atoms with Gasteiger partial charge in [0.15, 0.2) is 14.7 Å². The van der Waals surface area contributed by atoms with Crippen molar-refractivity contribution in [3.05, 3.63) is 9.93 Å². The number of hydrogen-bond donors (Lipinski definition) is 0. The predicted octanol–water partition coefficient (Wildman–Crippen LogP) is 1.20. The van der Waals surface area contributed by atoms with Gasteiger partial charge in [0.1, 0.15) is 11.1 Å². The van der Waals surface area contributed by atoms with Gasteiger partial charge in [0.2, 0.25) is 0 Å². The van der Waals surface area contributed by atoms with Crippen LogP contribution in [0.4, 0.5) is 0 Å². The molecular weight excluding hydrogens is 272 g/mol. The third-order valence-corrected chi connectivity index (χ3v) is 5.77. The molecule has 1 heterocycles. The fraction of sp³-hybridized carbons (Fsp3) is 0.727. The summed E-state index contributed by atoms with van der Waals surface area (Å²) in [6.45, 7) is 5.53. The van der Waals surface area contributed by atoms with Gasteiger partial charge in [0.05, 0.1) is 18.5 Å². The molecule has 0 aromatic carbocycles. The number of thioether (sulfide) groups is 1. The van der Waals surface area contributed by atoms with E-state index in [1.807, 2.05) is 11.0 Å². The number of allylic oxidation sites excluding steroid dienone is 1. The maximum Gasteiger partial charge on any atom is 0.193 e. The number of morpholine rings is 1. The molecule has 0 saturated carbocycles. The first-order valence-corrected chi connectivity index (χ1v) is 8.47. The molecule has 0 unspecified atom stereocenters. The average molecular weight is 290 g/mol. The van der Waals surface area contributed by atoms with Gasteiger partial charge in [-0.15, -0.1) is 11.8 Å². The average Bonchev–Trinajstić information content (AvgIpc) is 2.36. The quantitative estimate of drug-likeness (QED) is 0.725. The lowest BCUT2D eigenvalue weighted by atomic mass is 10.4. The summed E-state index contributed by atoms with van der Waals surface area (Å²) in [4.78, 5) is 1.79. The maximum atomic E-state index is 12.2. The van der Waals surface area contributed by atoms with Gasteiger partial charge in [0.25, 0.3) is 0 Å². The molecule has 0 aliphatic carbocycles. The van der Waals surface area contributed by atoms with Gasteiger partial charge in [-0.2, -0.15) is 5.26 Å². The fourth-order valence-electron chi connectivity index (χ4n) is 1.60. The van der Waals surface area contributed by atoms with Crippen LogP contribution in [0, 0.1) is 11.3 Å². The third kappa shape index (κ3) is 3.19. The Morgan fingerprint density at radius 3 is 2.33 bits per heavy atom. The molecule has 0 amide bonds. The zero-order chi connectivity index (χ0) is 13.8. The summed E-state index contributed by atoms with van der Waals surface area (Å²) in [6, 6.07) is 1.86. The number of nitrogens with zero attached hydrogens (tertiary/aromatic N) is 2. The largest absolute Gasteiger partial charge is 0.378 e. The normalized spacial score (nSPS) is 18.5. The number of rotatable bonds is 4. The summed E-state index contributed by atoms with van der Waals surface area (Å²) >= 11 is 1.30. The summed E-state index contributed by atoms with van der Waals surface area (Å²) < 4.78 is 29.5. The molecule has 0 aromatic rings. The van der Waals surface area contributed by atoms with Crippen LogP contribution in [0.5, 0.6) is 0 Å². The molecule has 0 bridgehead atoms. The zero-order valence-corrected chi connectivity index (χ0v) is 12.5. The van der Waals surface area contributed by atoms with E-state index in [0.717, 1.165) is 0 Å². The van der Waals surface area contributed by atoms with Crippen LogP contribution in [0.2, 0.25) is 0 Å². The molecule has 7 heteroatoms. The highest BCUT2D eigenvalue weighted by atomic mass is 32.2. The summed E-state index contributed by atoms with van der Waals surface area (Å²) in [5.74, 6) is 0. The highest BCUT2D eigenvalue weighted by Crippen LogP contribution is 2.27. The van der Waals surface area contributed by atoms with E-state index >= 15 is 0 Å². The Kier molecular flexibility index (Phi) is 5.50. The number of hydrogen-bond acceptors (Lipinski definition) is 6. The van der Waals surface area contributed by atoms with Crippen LogP contribution in [-0.4, -0.2) is 51.1 Å². The lowest BCUT2D eigenvalue weighted by Gasteiger charge is -2.30. The van der Waals surface area contributed by atoms with Crippen molar-refractivity contribution < 1.29 is 13.2 Å². The molecule has 5 nitrogen and oxygen atoms in total. The molecule has 0 N–H and O–H groups in total. The van der Waals surface area contributed by atoms with Crippen LogP contribution in [0.3, 0.4) is 0 Å². The molecule has 1 aliphatic heterocycles. The van der Waals surface area contributed by atoms with Crippen LogP contribution in [0.25, 0.3) is 0 Å². The van der Waals surface area contributed by atoms with E-state index in [1.165, 1.54) is 11.8 Å². The molecule has 0 aromatic heterocycles. The van der Waals surface area contributed by atoms with Crippen molar-refractivity contribution in [2.24, 2.45) is 0 Å². The lowest BCUT2D eigenvalue weighted by Crippen LogP contribution is -2.36. The molecule has 1 rings (SSSR count). The SMILES string of the molecule is CS/C(=C(/C#N)S(=O)(=O)C(C)C)N1CCOCC1. The van der Waals surface area contributed by atoms with Crippen molar-refractivity contribution in [3.8, 4) is 6.07 Å². The van der Waals surface area contributed by atoms with Gasteiger partial charge in [-0.05, 0) is 20.1 Å². The highest BCUT2D eigenvalue weighted by Gasteiger charge is 2.28. The van der Waals surface area contributed by atoms with E-state index in [1.54, 1.807) is 20.1 Å². The number of sulfone groups is 1. The minimum absolute atomic E-state index is 0.119. The van der Waals surface area contributed by atoms with Gasteiger partial charge in [0, 0.05) is 13.1 Å². The second-order valence-corrected chi connectivity index (χ2v) is 7.38. The van der Waals surface area contributed by atoms with Crippen molar-refractivity contribution in [1.29, 1.82) is 5.26 Å². The molecule has 1 saturated heterocycles. The Hall–Kier alpha value is -0.710. The first-order valence-electron chi connectivity index (χ1n) is 5.70. The summed E-state index contributed by atoms with van der Waals surface area (Å²) in [6.07, 6.45) is 1.79. The molecule has 1 aliphatic rings. The topological polar surface area (TPSA) is 70.4 Å². The van der Waals surface area contributed by atoms with Gasteiger partial charge in [-0.1, -0.05) is 0 Å². The Balaban J connectivity index is 3.21. The van der Waals surface area contributed by atoms with E-state index in [2.05, 4.69) is 0 Å². The maximum absolute atomic E-state index is 12.2. The van der Waals surface area contributed by atoms with E-state index in [4.69, 9.17) is 4.74 Å². The molecule has 1 fully saturated rings. The molecular formula is C11H18N2O3S2. The monoisotopic (exact) mass is 290 g/mol. The van der Waals surface area contributed by atoms with E-state index in [-0.39, 0.29) is 4.91 Å². The number of nitriles is 1. The van der Waals surface area contributed by atoms with E-state index < -0.39 is 15.1 Å². The Bertz CT molecular complexity index is 457. The van der Waals surface area contributed by atoms with Crippen molar-refractivity contribution in [3.63, 3.8) is 0 Å². The van der Waals surface area contributed by atoms with Crippen LogP contribution in [0.1, 0.15) is 13.8 Å². The van der Waals surface area contributed by atoms with Gasteiger partial charge >= 0.3 is 0 Å². The third-order valence-electron chi connectivity index (χ3n) is 2.69. The lowest BCUT2D eigenvalue weighted by molar-refractivity contribution is 0.0576. The standard InChI is InChI=1S/C11H18N2O3S2/c1-9(2)18(14,15)10(8-12)11(17-3)13-4-6-16-7-5-13/h9H,4-7H2,1-3H3/b11-10-. The minimum atomic E-state index is -3.53. The zero-order valence-electron chi connectivity index (χ0n) is 10.8. The summed E-state index contributed by atoms with van der Waals surface area (Å²) in [7, 11) is -3.53. The molecule has 0 spiro atoms. The van der Waals surface area contributed by atoms with E-state index in [9.17, 15) is 13.7 Å². The fourth-order valence-corrected chi connectivity index (χ4v) is 3.84.